The molecule has 1 saturated heterocycles. The van der Waals surface area contributed by atoms with Gasteiger partial charge in [0.15, 0.2) is 5.78 Å². The van der Waals surface area contributed by atoms with Crippen molar-refractivity contribution in [3.63, 3.8) is 0 Å². The Morgan fingerprint density at radius 2 is 1.49 bits per heavy atom. The van der Waals surface area contributed by atoms with Gasteiger partial charge in [-0.1, -0.05) is 84.2 Å². The minimum Gasteiger partial charge on any atom is -0.444 e. The highest BCUT2D eigenvalue weighted by molar-refractivity contribution is 9.10. The summed E-state index contributed by atoms with van der Waals surface area (Å²) in [5.74, 6) is 0.111. The number of Topliss-reactive ketones (excluding diaryl/α,β-unsaturated/α-hetero) is 1. The monoisotopic (exact) mass is 766 g/mol. The van der Waals surface area contributed by atoms with Crippen LogP contribution in [0.5, 0.6) is 0 Å². The topological polar surface area (TPSA) is 59.0 Å². The Morgan fingerprint density at radius 1 is 0.884 bits per heavy atom. The smallest absolute Gasteiger partial charge is 0.410 e. The van der Waals surface area contributed by atoms with Gasteiger partial charge in [0, 0.05) is 39.4 Å². The van der Waals surface area contributed by atoms with E-state index in [-0.39, 0.29) is 17.9 Å². The average molecular weight is 769 g/mol. The van der Waals surface area contributed by atoms with Gasteiger partial charge in [0.1, 0.15) is 5.60 Å². The highest BCUT2D eigenvalue weighted by atomic mass is 79.9. The molecule has 43 heavy (non-hydrogen) atoms. The molecule has 8 heteroatoms. The second kappa shape index (κ2) is 13.4. The Kier molecular flexibility index (Phi) is 9.89. The first kappa shape index (κ1) is 31.6. The van der Waals surface area contributed by atoms with Gasteiger partial charge in [-0.15, -0.1) is 0 Å². The molecule has 222 valence electrons. The zero-order chi connectivity index (χ0) is 30.7. The minimum atomic E-state index is -0.481. The third-order valence-corrected chi connectivity index (χ3v) is 8.94. The van der Waals surface area contributed by atoms with Gasteiger partial charge in [-0.25, -0.2) is 4.79 Å². The maximum absolute atomic E-state index is 12.6. The van der Waals surface area contributed by atoms with Crippen LogP contribution < -0.4 is 0 Å². The summed E-state index contributed by atoms with van der Waals surface area (Å²) in [6.45, 7) is 6.45. The van der Waals surface area contributed by atoms with E-state index in [1.165, 1.54) is 21.9 Å². The lowest BCUT2D eigenvalue weighted by atomic mass is 9.97. The molecule has 0 bridgehead atoms. The number of hydrogen-bond donors (Lipinski definition) is 0. The number of aliphatic imine (C=N–C) groups is 1. The number of likely N-dealkylation sites (tertiary alicyclic amines) is 1. The maximum atomic E-state index is 12.6. The van der Waals surface area contributed by atoms with Crippen molar-refractivity contribution in [3.8, 4) is 0 Å². The van der Waals surface area contributed by atoms with Crippen molar-refractivity contribution < 1.29 is 14.3 Å². The number of benzene rings is 4. The normalized spacial score (nSPS) is 16.5. The zero-order valence-corrected chi connectivity index (χ0v) is 29.1. The van der Waals surface area contributed by atoms with Crippen molar-refractivity contribution in [2.75, 3.05) is 11.9 Å². The Labute approximate surface area is 277 Å². The lowest BCUT2D eigenvalue weighted by molar-refractivity contribution is 0.0265. The number of carbonyl (C=O) groups excluding carboxylic acids is 2. The predicted octanol–water partition coefficient (Wildman–Crippen LogP) is 10.4. The van der Waals surface area contributed by atoms with Crippen LogP contribution in [0, 0.1) is 0 Å². The number of hydrogen-bond acceptors (Lipinski definition) is 4. The van der Waals surface area contributed by atoms with Crippen LogP contribution in [0.2, 0.25) is 0 Å². The number of fused-ring (bicyclic) bond motifs is 2. The summed E-state index contributed by atoms with van der Waals surface area (Å²) in [6, 6.07) is 24.6. The molecule has 0 aliphatic carbocycles. The maximum Gasteiger partial charge on any atom is 0.410 e. The van der Waals surface area contributed by atoms with Gasteiger partial charge in [0.2, 0.25) is 0 Å². The molecule has 0 spiro atoms. The van der Waals surface area contributed by atoms with Crippen LogP contribution in [-0.2, 0) is 4.74 Å². The fourth-order valence-electron chi connectivity index (χ4n) is 5.36. The fourth-order valence-corrected chi connectivity index (χ4v) is 6.44. The van der Waals surface area contributed by atoms with E-state index in [2.05, 4.69) is 84.2 Å². The summed E-state index contributed by atoms with van der Waals surface area (Å²) in [5, 5.41) is 5.02. The van der Waals surface area contributed by atoms with Crippen LogP contribution in [0.15, 0.2) is 92.9 Å². The van der Waals surface area contributed by atoms with Gasteiger partial charge in [0.05, 0.1) is 11.4 Å². The molecule has 0 aromatic heterocycles. The lowest BCUT2D eigenvalue weighted by Crippen LogP contribution is -2.43. The standard InChI is InChI=1S/C23H25BrN2O2.C12H8Br2O/c1-23(2,3)28-22(27)26-10-4-5-21(26)20-13-18(14-25-20)16-6-7-17-12-19(24)9-8-15(17)11-16;13-7-12(15)10-2-1-9-6-11(14)4-3-8(9)5-10/h6-9,11-12,14,21H,4-5,10,13H2,1-3H3;1-6H,7H2/t21-;/m0./s1. The third-order valence-electron chi connectivity index (χ3n) is 7.44. The lowest BCUT2D eigenvalue weighted by Gasteiger charge is -2.28. The van der Waals surface area contributed by atoms with Crippen molar-refractivity contribution in [3.05, 3.63) is 99.1 Å². The van der Waals surface area contributed by atoms with E-state index in [1.54, 1.807) is 0 Å². The van der Waals surface area contributed by atoms with Gasteiger partial charge >= 0.3 is 6.09 Å². The number of amides is 1. The second-order valence-electron chi connectivity index (χ2n) is 11.8. The van der Waals surface area contributed by atoms with Crippen LogP contribution in [0.1, 0.15) is 56.0 Å². The molecule has 1 fully saturated rings. The molecule has 0 unspecified atom stereocenters. The van der Waals surface area contributed by atoms with E-state index >= 15 is 0 Å². The minimum absolute atomic E-state index is 0.0417. The van der Waals surface area contributed by atoms with E-state index in [0.29, 0.717) is 5.33 Å². The molecule has 1 atom stereocenters. The fraction of sp³-hybridized carbons (Fsp3) is 0.286. The van der Waals surface area contributed by atoms with E-state index in [4.69, 9.17) is 9.73 Å². The highest BCUT2D eigenvalue weighted by Crippen LogP contribution is 2.32. The molecule has 6 rings (SSSR count). The summed E-state index contributed by atoms with van der Waals surface area (Å²) in [5.41, 5.74) is 3.73. The second-order valence-corrected chi connectivity index (χ2v) is 14.1. The van der Waals surface area contributed by atoms with Gasteiger partial charge < -0.3 is 4.74 Å². The van der Waals surface area contributed by atoms with Crippen molar-refractivity contribution >= 4 is 92.5 Å². The van der Waals surface area contributed by atoms with Crippen molar-refractivity contribution in [1.29, 1.82) is 0 Å². The van der Waals surface area contributed by atoms with Crippen LogP contribution in [0.3, 0.4) is 0 Å². The van der Waals surface area contributed by atoms with Gasteiger partial charge in [-0.2, -0.15) is 0 Å². The number of carbonyl (C=O) groups is 2. The number of alkyl halides is 1. The van der Waals surface area contributed by atoms with Crippen molar-refractivity contribution in [2.24, 2.45) is 4.99 Å². The molecule has 1 amide bonds. The quantitative estimate of drug-likeness (QED) is 0.153. The number of halogens is 3. The Bertz CT molecular complexity index is 1760. The average Bonchev–Trinajstić information content (AvgIpc) is 3.66. The van der Waals surface area contributed by atoms with Crippen LogP contribution >= 0.6 is 47.8 Å². The summed E-state index contributed by atoms with van der Waals surface area (Å²) in [7, 11) is 0. The SMILES string of the molecule is CC(C)(C)OC(=O)N1CCC[C@H]1C1=NC=C(c2ccc3cc(Br)ccc3c2)C1.O=C(CBr)c1ccc2cc(Br)ccc2c1. The summed E-state index contributed by atoms with van der Waals surface area (Å²) < 4.78 is 7.73. The molecular formula is C35H33Br3N2O3. The van der Waals surface area contributed by atoms with Crippen molar-refractivity contribution in [2.45, 2.75) is 51.7 Å². The molecular weight excluding hydrogens is 736 g/mol. The largest absolute Gasteiger partial charge is 0.444 e. The van der Waals surface area contributed by atoms with Gasteiger partial charge in [-0.05, 0) is 103 Å². The molecule has 5 nitrogen and oxygen atoms in total. The molecule has 2 heterocycles. The Morgan fingerprint density at radius 3 is 2.14 bits per heavy atom. The first-order chi connectivity index (χ1) is 20.5. The van der Waals surface area contributed by atoms with E-state index in [9.17, 15) is 9.59 Å². The molecule has 0 saturated carbocycles. The number of allylic oxidation sites excluding steroid dienone is 1. The number of ketones is 1. The molecule has 0 radical (unpaired) electrons. The first-order valence-corrected chi connectivity index (χ1v) is 16.9. The third kappa shape index (κ3) is 7.83. The number of rotatable bonds is 4. The van der Waals surface area contributed by atoms with E-state index < -0.39 is 5.60 Å². The van der Waals surface area contributed by atoms with E-state index in [1.807, 2.05) is 68.3 Å². The van der Waals surface area contributed by atoms with Crippen LogP contribution in [0.25, 0.3) is 27.1 Å². The zero-order valence-electron chi connectivity index (χ0n) is 24.4. The molecule has 4 aromatic carbocycles. The van der Waals surface area contributed by atoms with Crippen molar-refractivity contribution in [1.82, 2.24) is 4.90 Å². The summed E-state index contributed by atoms with van der Waals surface area (Å²) in [6.07, 6.45) is 4.45. The Hall–Kier alpha value is -2.81. The summed E-state index contributed by atoms with van der Waals surface area (Å²) in [4.78, 5) is 30.6. The summed E-state index contributed by atoms with van der Waals surface area (Å²) >= 11 is 10.1. The number of ether oxygens (including phenoxy) is 1. The highest BCUT2D eigenvalue weighted by Gasteiger charge is 2.36. The van der Waals surface area contributed by atoms with Gasteiger partial charge in [-0.3, -0.25) is 14.7 Å². The van der Waals surface area contributed by atoms with E-state index in [0.717, 1.165) is 56.8 Å². The van der Waals surface area contributed by atoms with Gasteiger partial charge in [0.25, 0.3) is 0 Å². The first-order valence-electron chi connectivity index (χ1n) is 14.2. The Balaban J connectivity index is 0.000000207. The number of nitrogens with zero attached hydrogens (tertiary/aromatic N) is 2. The molecule has 2 aliphatic heterocycles. The molecule has 0 N–H and O–H groups in total. The van der Waals surface area contributed by atoms with Crippen LogP contribution in [-0.4, -0.2) is 46.0 Å². The van der Waals surface area contributed by atoms with Crippen LogP contribution in [0.4, 0.5) is 4.79 Å². The molecule has 2 aliphatic rings. The molecule has 4 aromatic rings. The predicted molar refractivity (Wildman–Crippen MR) is 187 cm³/mol.